The van der Waals surface area contributed by atoms with Gasteiger partial charge in [-0.2, -0.15) is 0 Å². The fourth-order valence-corrected chi connectivity index (χ4v) is 0.839. The Morgan fingerprint density at radius 3 is 2.64 bits per heavy atom. The number of hydrogen-bond donors (Lipinski definition) is 1. The van der Waals surface area contributed by atoms with Crippen molar-refractivity contribution in [3.8, 4) is 0 Å². The predicted octanol–water partition coefficient (Wildman–Crippen LogP) is 2.23. The highest BCUT2D eigenvalue weighted by atomic mass is 16.4. The van der Waals surface area contributed by atoms with Crippen LogP contribution in [-0.4, -0.2) is 11.1 Å². The van der Waals surface area contributed by atoms with E-state index in [-0.39, 0.29) is 5.92 Å². The van der Waals surface area contributed by atoms with Gasteiger partial charge in [0.2, 0.25) is 0 Å². The molecule has 0 aromatic rings. The van der Waals surface area contributed by atoms with Gasteiger partial charge in [0.1, 0.15) is 0 Å². The summed E-state index contributed by atoms with van der Waals surface area (Å²) in [4.78, 5) is 10.4. The first kappa shape index (κ1) is 9.95. The smallest absolute Gasteiger partial charge is 0.306 e. The van der Waals surface area contributed by atoms with E-state index in [1.54, 1.807) is 13.0 Å². The van der Waals surface area contributed by atoms with Crippen LogP contribution in [0.1, 0.15) is 20.3 Å². The summed E-state index contributed by atoms with van der Waals surface area (Å²) in [6, 6.07) is 0. The summed E-state index contributed by atoms with van der Waals surface area (Å²) >= 11 is 0. The van der Waals surface area contributed by atoms with Gasteiger partial charge < -0.3 is 5.11 Å². The monoisotopic (exact) mass is 154 g/mol. The molecule has 1 atom stereocenters. The number of carboxylic acid groups (broad SMARTS) is 1. The molecule has 11 heavy (non-hydrogen) atoms. The summed E-state index contributed by atoms with van der Waals surface area (Å²) in [7, 11) is 0. The number of hydrogen-bond acceptors (Lipinski definition) is 1. The molecule has 0 bridgehead atoms. The molecule has 0 radical (unpaired) electrons. The minimum atomic E-state index is -0.748. The van der Waals surface area contributed by atoms with Gasteiger partial charge in [-0.1, -0.05) is 31.2 Å². The highest BCUT2D eigenvalue weighted by Gasteiger charge is 2.09. The molecule has 0 aromatic heterocycles. The zero-order valence-corrected chi connectivity index (χ0v) is 7.00. The maximum atomic E-state index is 10.4. The zero-order chi connectivity index (χ0) is 8.85. The number of carbonyl (C=O) groups is 1. The van der Waals surface area contributed by atoms with Crippen molar-refractivity contribution >= 4 is 5.97 Å². The lowest BCUT2D eigenvalue weighted by Gasteiger charge is -2.04. The van der Waals surface area contributed by atoms with E-state index in [0.717, 1.165) is 5.57 Å². The van der Waals surface area contributed by atoms with Crippen LogP contribution < -0.4 is 0 Å². The van der Waals surface area contributed by atoms with Gasteiger partial charge in [0.15, 0.2) is 0 Å². The molecule has 0 spiro atoms. The van der Waals surface area contributed by atoms with Crippen LogP contribution in [0.5, 0.6) is 0 Å². The average molecular weight is 154 g/mol. The van der Waals surface area contributed by atoms with E-state index in [2.05, 4.69) is 6.58 Å². The second kappa shape index (κ2) is 4.72. The van der Waals surface area contributed by atoms with E-state index in [1.165, 1.54) is 0 Å². The molecule has 0 amide bonds. The highest BCUT2D eigenvalue weighted by molar-refractivity contribution is 5.69. The second-order valence-corrected chi connectivity index (χ2v) is 2.69. The normalized spacial score (nSPS) is 14.2. The van der Waals surface area contributed by atoms with Crippen molar-refractivity contribution < 1.29 is 9.90 Å². The lowest BCUT2D eigenvalue weighted by atomic mass is 10.0. The molecule has 0 aromatic carbocycles. The average Bonchev–Trinajstić information content (AvgIpc) is 1.87. The van der Waals surface area contributed by atoms with Gasteiger partial charge in [0, 0.05) is 0 Å². The number of carboxylic acids is 1. The second-order valence-electron chi connectivity index (χ2n) is 2.69. The van der Waals surface area contributed by atoms with Crippen molar-refractivity contribution in [1.82, 2.24) is 0 Å². The van der Waals surface area contributed by atoms with Gasteiger partial charge in [-0.05, 0) is 13.3 Å². The van der Waals surface area contributed by atoms with E-state index in [0.29, 0.717) is 6.42 Å². The van der Waals surface area contributed by atoms with Crippen LogP contribution in [0.15, 0.2) is 24.3 Å². The Morgan fingerprint density at radius 1 is 1.73 bits per heavy atom. The van der Waals surface area contributed by atoms with Crippen LogP contribution in [0.2, 0.25) is 0 Å². The molecular weight excluding hydrogens is 140 g/mol. The number of allylic oxidation sites excluding steroid dienone is 3. The molecule has 0 aliphatic carbocycles. The van der Waals surface area contributed by atoms with Gasteiger partial charge >= 0.3 is 5.97 Å². The first-order valence-electron chi connectivity index (χ1n) is 3.59. The lowest BCUT2D eigenvalue weighted by Crippen LogP contribution is -2.09. The summed E-state index contributed by atoms with van der Waals surface area (Å²) in [5.41, 5.74) is 1.05. The van der Waals surface area contributed by atoms with E-state index < -0.39 is 5.97 Å². The van der Waals surface area contributed by atoms with Crippen molar-refractivity contribution in [1.29, 1.82) is 0 Å². The largest absolute Gasteiger partial charge is 0.481 e. The predicted molar refractivity (Wildman–Crippen MR) is 45.4 cm³/mol. The topological polar surface area (TPSA) is 37.3 Å². The molecule has 62 valence electrons. The van der Waals surface area contributed by atoms with Crippen LogP contribution in [0, 0.1) is 5.92 Å². The van der Waals surface area contributed by atoms with Crippen molar-refractivity contribution in [2.75, 3.05) is 0 Å². The van der Waals surface area contributed by atoms with Crippen molar-refractivity contribution in [3.05, 3.63) is 24.3 Å². The number of rotatable bonds is 4. The molecule has 0 aliphatic heterocycles. The molecule has 2 nitrogen and oxygen atoms in total. The Kier molecular flexibility index (Phi) is 4.27. The summed E-state index contributed by atoms with van der Waals surface area (Å²) in [5, 5.41) is 8.55. The Balaban J connectivity index is 3.94. The molecule has 1 N–H and O–H groups in total. The summed E-state index contributed by atoms with van der Waals surface area (Å²) in [6.45, 7) is 7.13. The molecule has 0 unspecified atom stereocenters. The Bertz CT molecular complexity index is 180. The molecule has 0 aliphatic rings. The molecule has 0 heterocycles. The zero-order valence-electron chi connectivity index (χ0n) is 7.00. The van der Waals surface area contributed by atoms with Crippen LogP contribution in [0.25, 0.3) is 0 Å². The first-order valence-corrected chi connectivity index (χ1v) is 3.59. The molecular formula is C9H14O2. The molecule has 0 fully saturated rings. The fourth-order valence-electron chi connectivity index (χ4n) is 0.839. The Labute approximate surface area is 67.2 Å². The van der Waals surface area contributed by atoms with Crippen molar-refractivity contribution in [3.63, 3.8) is 0 Å². The van der Waals surface area contributed by atoms with Crippen LogP contribution in [0.3, 0.4) is 0 Å². The minimum absolute atomic E-state index is 0.300. The third kappa shape index (κ3) is 4.37. The van der Waals surface area contributed by atoms with E-state index in [9.17, 15) is 4.79 Å². The van der Waals surface area contributed by atoms with Gasteiger partial charge in [0.05, 0.1) is 5.92 Å². The standard InChI is InChI=1S/C9H14O2/c1-4-5-7(2)6-8(3)9(10)11/h4-5,8H,1,6H2,2-3H3,(H,10,11)/b7-5+/t8-/m0/s1. The Morgan fingerprint density at radius 2 is 2.27 bits per heavy atom. The third-order valence-electron chi connectivity index (χ3n) is 1.45. The van der Waals surface area contributed by atoms with E-state index >= 15 is 0 Å². The summed E-state index contributed by atoms with van der Waals surface area (Å²) in [6.07, 6.45) is 4.10. The van der Waals surface area contributed by atoms with Gasteiger partial charge in [0.25, 0.3) is 0 Å². The maximum absolute atomic E-state index is 10.4. The molecule has 0 saturated carbocycles. The van der Waals surface area contributed by atoms with Crippen molar-refractivity contribution in [2.24, 2.45) is 5.92 Å². The van der Waals surface area contributed by atoms with E-state index in [4.69, 9.17) is 5.11 Å². The minimum Gasteiger partial charge on any atom is -0.481 e. The molecule has 0 saturated heterocycles. The highest BCUT2D eigenvalue weighted by Crippen LogP contribution is 2.10. The summed E-state index contributed by atoms with van der Waals surface area (Å²) in [5.74, 6) is -1.05. The van der Waals surface area contributed by atoms with Gasteiger partial charge in [-0.25, -0.2) is 0 Å². The van der Waals surface area contributed by atoms with Gasteiger partial charge in [-0.15, -0.1) is 0 Å². The van der Waals surface area contributed by atoms with E-state index in [1.807, 2.05) is 13.0 Å². The number of aliphatic carboxylic acids is 1. The summed E-state index contributed by atoms with van der Waals surface area (Å²) < 4.78 is 0. The molecule has 2 heteroatoms. The Hall–Kier alpha value is -1.05. The van der Waals surface area contributed by atoms with Crippen LogP contribution in [0.4, 0.5) is 0 Å². The first-order chi connectivity index (χ1) is 5.07. The van der Waals surface area contributed by atoms with Crippen molar-refractivity contribution in [2.45, 2.75) is 20.3 Å². The van der Waals surface area contributed by atoms with Crippen LogP contribution in [-0.2, 0) is 4.79 Å². The quantitative estimate of drug-likeness (QED) is 0.630. The lowest BCUT2D eigenvalue weighted by molar-refractivity contribution is -0.141. The van der Waals surface area contributed by atoms with Gasteiger partial charge in [-0.3, -0.25) is 4.79 Å². The van der Waals surface area contributed by atoms with Crippen LogP contribution >= 0.6 is 0 Å². The SMILES string of the molecule is C=C/C=C(\C)C[C@H](C)C(=O)O. The fraction of sp³-hybridized carbons (Fsp3) is 0.444. The molecule has 0 rings (SSSR count). The third-order valence-corrected chi connectivity index (χ3v) is 1.45. The maximum Gasteiger partial charge on any atom is 0.306 e.